The lowest BCUT2D eigenvalue weighted by Crippen LogP contribution is -2.33. The number of aromatic hydroxyl groups is 3. The molecule has 3 N–H and O–H groups in total. The number of phenols is 3. The van der Waals surface area contributed by atoms with Crippen LogP contribution in [0.5, 0.6) is 17.2 Å². The topological polar surface area (TPSA) is 60.7 Å². The molecule has 0 aromatic heterocycles. The van der Waals surface area contributed by atoms with Gasteiger partial charge in [0.2, 0.25) is 0 Å². The average molecular weight is 1070 g/mol. The summed E-state index contributed by atoms with van der Waals surface area (Å²) >= 11 is 0. The molecule has 0 amide bonds. The van der Waals surface area contributed by atoms with Gasteiger partial charge in [-0.25, -0.2) is 0 Å². The third kappa shape index (κ3) is 6.40. The van der Waals surface area contributed by atoms with Crippen LogP contribution in [0.2, 0.25) is 0 Å². The second kappa shape index (κ2) is 17.9. The molecule has 0 aliphatic heterocycles. The normalized spacial score (nSPS) is 17.5. The fourth-order valence-electron chi connectivity index (χ4n) is 15.3. The highest BCUT2D eigenvalue weighted by Gasteiger charge is 2.61. The Labute approximate surface area is 487 Å². The molecule has 0 heterocycles. The van der Waals surface area contributed by atoms with Crippen LogP contribution in [0.4, 0.5) is 0 Å². The Morgan fingerprint density at radius 2 is 0.488 bits per heavy atom. The summed E-state index contributed by atoms with van der Waals surface area (Å²) in [7, 11) is 0. The van der Waals surface area contributed by atoms with Crippen LogP contribution >= 0.6 is 0 Å². The van der Waals surface area contributed by atoms with E-state index in [2.05, 4.69) is 218 Å². The Bertz CT molecular complexity index is 4610. The lowest BCUT2D eigenvalue weighted by atomic mass is 9.60. The third-order valence-electron chi connectivity index (χ3n) is 18.7. The lowest BCUT2D eigenvalue weighted by molar-refractivity contribution is 0.475. The first kappa shape index (κ1) is 48.6. The fourth-order valence-corrected chi connectivity index (χ4v) is 15.3. The van der Waals surface area contributed by atoms with E-state index < -0.39 is 16.2 Å². The van der Waals surface area contributed by atoms with Crippen molar-refractivity contribution < 1.29 is 15.3 Å². The molecular formula is C81H48O3. The minimum absolute atomic E-state index is 0.199. The predicted molar refractivity (Wildman–Crippen MR) is 340 cm³/mol. The van der Waals surface area contributed by atoms with E-state index in [-0.39, 0.29) is 17.2 Å². The van der Waals surface area contributed by atoms with E-state index in [0.29, 0.717) is 0 Å². The van der Waals surface area contributed by atoms with Crippen LogP contribution in [-0.2, 0) is 16.2 Å². The van der Waals surface area contributed by atoms with Crippen molar-refractivity contribution in [2.24, 2.45) is 0 Å². The number of hydrogen-bond donors (Lipinski definition) is 3. The second-order valence-electron chi connectivity index (χ2n) is 22.5. The van der Waals surface area contributed by atoms with E-state index in [0.717, 1.165) is 149 Å². The fraction of sp³-hybridized carbons (Fsp3) is 0.0370. The maximum absolute atomic E-state index is 10.9. The molecule has 0 saturated carbocycles. The van der Waals surface area contributed by atoms with Gasteiger partial charge in [-0.05, 0) is 223 Å². The molecule has 0 bridgehead atoms. The summed E-state index contributed by atoms with van der Waals surface area (Å²) in [5.74, 6) is 9.39. The van der Waals surface area contributed by atoms with Crippen molar-refractivity contribution in [1.82, 2.24) is 0 Å². The summed E-state index contributed by atoms with van der Waals surface area (Å²) < 4.78 is 0. The SMILES string of the molecule is C#Cc1ccc(C2(c3ccc4cc(O)ccc4c3)c3ccccc3-c3c2c2c(c4c3C(c3ccc(C#C)cc3)(c3ccc5cc(O)ccc5c3)c3ccccc3-4)C(c3ccc(C#C)cc3)(c3ccc4cc(O)ccc4c3)c3ccccc3-2)cc1. The first-order chi connectivity index (χ1) is 41.2. The molecule has 0 fully saturated rings. The smallest absolute Gasteiger partial charge is 0.116 e. The van der Waals surface area contributed by atoms with Crippen LogP contribution < -0.4 is 0 Å². The van der Waals surface area contributed by atoms with Crippen molar-refractivity contribution in [3.63, 3.8) is 0 Å². The highest BCUT2D eigenvalue weighted by molar-refractivity contribution is 6.10. The number of hydrogen-bond acceptors (Lipinski definition) is 3. The number of phenolic OH excluding ortho intramolecular Hbond substituents is 3. The van der Waals surface area contributed by atoms with Crippen LogP contribution in [0.1, 0.15) is 83.5 Å². The maximum atomic E-state index is 10.9. The zero-order valence-corrected chi connectivity index (χ0v) is 45.3. The molecule has 3 heteroatoms. The van der Waals surface area contributed by atoms with E-state index in [1.54, 1.807) is 18.2 Å². The lowest BCUT2D eigenvalue weighted by Gasteiger charge is -2.40. The molecule has 3 unspecified atom stereocenters. The van der Waals surface area contributed by atoms with Crippen molar-refractivity contribution in [3.05, 3.63) is 338 Å². The van der Waals surface area contributed by atoms with Gasteiger partial charge in [0, 0.05) is 16.7 Å². The summed E-state index contributed by atoms with van der Waals surface area (Å²) in [5.41, 5.74) is 18.9. The molecule has 0 spiro atoms. The molecule has 3 aliphatic rings. The Morgan fingerprint density at radius 3 is 0.762 bits per heavy atom. The number of benzene rings is 13. The van der Waals surface area contributed by atoms with Crippen LogP contribution in [0.3, 0.4) is 0 Å². The summed E-state index contributed by atoms with van der Waals surface area (Å²) in [6.07, 6.45) is 18.7. The molecule has 0 saturated heterocycles. The van der Waals surface area contributed by atoms with Gasteiger partial charge >= 0.3 is 0 Å². The zero-order valence-electron chi connectivity index (χ0n) is 45.3. The largest absolute Gasteiger partial charge is 0.508 e. The third-order valence-corrected chi connectivity index (χ3v) is 18.7. The minimum atomic E-state index is -1.03. The Kier molecular flexibility index (Phi) is 10.3. The Hall–Kier alpha value is -11.3. The van der Waals surface area contributed by atoms with Gasteiger partial charge in [-0.3, -0.25) is 0 Å². The molecule has 16 rings (SSSR count). The summed E-state index contributed by atoms with van der Waals surface area (Å²) in [5, 5.41) is 38.5. The van der Waals surface area contributed by atoms with Crippen molar-refractivity contribution >= 4 is 32.3 Å². The van der Waals surface area contributed by atoms with Gasteiger partial charge < -0.3 is 15.3 Å². The monoisotopic (exact) mass is 1070 g/mol. The van der Waals surface area contributed by atoms with Gasteiger partial charge in [-0.15, -0.1) is 19.3 Å². The summed E-state index contributed by atoms with van der Waals surface area (Å²) in [6.45, 7) is 0. The molecule has 3 atom stereocenters. The van der Waals surface area contributed by atoms with Crippen molar-refractivity contribution in [2.45, 2.75) is 16.2 Å². The van der Waals surface area contributed by atoms with E-state index in [9.17, 15) is 15.3 Å². The predicted octanol–water partition coefficient (Wildman–Crippen LogP) is 17.3. The van der Waals surface area contributed by atoms with Crippen LogP contribution in [0.25, 0.3) is 65.7 Å². The molecule has 3 aliphatic carbocycles. The summed E-state index contributed by atoms with van der Waals surface area (Å²) in [4.78, 5) is 0. The van der Waals surface area contributed by atoms with E-state index in [1.807, 2.05) is 36.4 Å². The molecule has 13 aromatic rings. The Balaban J connectivity index is 1.21. The van der Waals surface area contributed by atoms with Gasteiger partial charge in [0.05, 0.1) is 16.2 Å². The Morgan fingerprint density at radius 1 is 0.250 bits per heavy atom. The summed E-state index contributed by atoms with van der Waals surface area (Å²) in [6, 6.07) is 89.8. The van der Waals surface area contributed by atoms with E-state index in [1.165, 1.54) is 0 Å². The molecule has 0 radical (unpaired) electrons. The number of rotatable bonds is 6. The van der Waals surface area contributed by atoms with Crippen LogP contribution in [0.15, 0.2) is 255 Å². The van der Waals surface area contributed by atoms with Gasteiger partial charge in [0.1, 0.15) is 17.2 Å². The molecule has 13 aromatic carbocycles. The molecule has 3 nitrogen and oxygen atoms in total. The minimum Gasteiger partial charge on any atom is -0.508 e. The van der Waals surface area contributed by atoms with E-state index >= 15 is 0 Å². The molecule has 84 heavy (non-hydrogen) atoms. The number of fused-ring (bicyclic) bond motifs is 15. The standard InChI is InChI=1S/C81H48O3/c1-4-49-19-31-58(32-20-49)79(61-37-25-55-46-64(82)40-28-52(55)43-61)70-16-10-7-13-67(70)73-76(79)74-68-14-8-11-17-71(68)80(59-33-21-50(5-2)22-34-59,62-38-26-56-47-65(83)41-29-53(56)44-62)78(74)75-69-15-9-12-18-72(69)81(77(73)75,60-35-23-51(6-3)24-36-60)63-39-27-57-48-66(84)42-30-54(57)45-63/h1-3,7-48,82-84H. The van der Waals surface area contributed by atoms with Gasteiger partial charge in [-0.2, -0.15) is 0 Å². The first-order valence-corrected chi connectivity index (χ1v) is 28.2. The van der Waals surface area contributed by atoms with Gasteiger partial charge in [-0.1, -0.05) is 182 Å². The van der Waals surface area contributed by atoms with E-state index in [4.69, 9.17) is 19.3 Å². The van der Waals surface area contributed by atoms with Gasteiger partial charge in [0.25, 0.3) is 0 Å². The van der Waals surface area contributed by atoms with Crippen LogP contribution in [0, 0.1) is 37.0 Å². The van der Waals surface area contributed by atoms with Crippen molar-refractivity contribution in [1.29, 1.82) is 0 Å². The highest BCUT2D eigenvalue weighted by atomic mass is 16.3. The molecule has 390 valence electrons. The zero-order chi connectivity index (χ0) is 56.6. The van der Waals surface area contributed by atoms with Crippen molar-refractivity contribution in [3.8, 4) is 87.7 Å². The highest BCUT2D eigenvalue weighted by Crippen LogP contribution is 2.73. The van der Waals surface area contributed by atoms with Crippen molar-refractivity contribution in [2.75, 3.05) is 0 Å². The quantitative estimate of drug-likeness (QED) is 0.145. The second-order valence-corrected chi connectivity index (χ2v) is 22.5. The maximum Gasteiger partial charge on any atom is 0.116 e. The van der Waals surface area contributed by atoms with Crippen LogP contribution in [-0.4, -0.2) is 15.3 Å². The molecular weight excluding hydrogens is 1020 g/mol. The number of terminal acetylenes is 3. The first-order valence-electron chi connectivity index (χ1n) is 28.2. The average Bonchev–Trinajstić information content (AvgIpc) is 1.50. The van der Waals surface area contributed by atoms with Gasteiger partial charge in [0.15, 0.2) is 0 Å².